The van der Waals surface area contributed by atoms with E-state index >= 15 is 0 Å². The molecule has 0 unspecified atom stereocenters. The molecular weight excluding hydrogens is 581 g/mol. The Morgan fingerprint density at radius 1 is 0.375 bits per heavy atom. The van der Waals surface area contributed by atoms with Crippen LogP contribution in [0, 0.1) is 0 Å². The monoisotopic (exact) mass is 642 g/mol. The van der Waals surface area contributed by atoms with Crippen molar-refractivity contribution in [1.82, 2.24) is 9.80 Å². The molecule has 256 valence electrons. The van der Waals surface area contributed by atoms with Crippen molar-refractivity contribution in [2.24, 2.45) is 0 Å². The predicted molar refractivity (Wildman–Crippen MR) is 210 cm³/mol. The molecule has 0 aliphatic carbocycles. The van der Waals surface area contributed by atoms with E-state index in [1.165, 1.54) is 135 Å². The number of nitrogens with zero attached hydrogens (tertiary/aromatic N) is 2. The van der Waals surface area contributed by atoms with Crippen molar-refractivity contribution in [3.63, 3.8) is 0 Å². The Balaban J connectivity index is 1.24. The fourth-order valence-electron chi connectivity index (χ4n) is 9.75. The SMILES string of the molecule is CCCCCC(CCCCC)N1Cc2ccc3c4ccc5c6c(ccc(c7ccc(c2c37)C1)c64)CN(C(CCCCC)CCCCC)C5. The number of hydrogen-bond donors (Lipinski definition) is 0. The van der Waals surface area contributed by atoms with Gasteiger partial charge >= 0.3 is 0 Å². The second-order valence-corrected chi connectivity index (χ2v) is 15.7. The van der Waals surface area contributed by atoms with Crippen LogP contribution in [-0.4, -0.2) is 21.9 Å². The topological polar surface area (TPSA) is 6.48 Å². The zero-order valence-corrected chi connectivity index (χ0v) is 30.8. The molecule has 0 saturated carbocycles. The Hall–Kier alpha value is -2.68. The molecule has 0 aromatic heterocycles. The van der Waals surface area contributed by atoms with Gasteiger partial charge in [-0.1, -0.05) is 153 Å². The van der Waals surface area contributed by atoms with Crippen LogP contribution >= 0.6 is 0 Å². The molecule has 2 aliphatic heterocycles. The summed E-state index contributed by atoms with van der Waals surface area (Å²) in [6.45, 7) is 13.8. The van der Waals surface area contributed by atoms with Gasteiger partial charge in [0.25, 0.3) is 0 Å². The van der Waals surface area contributed by atoms with Gasteiger partial charge in [-0.2, -0.15) is 0 Å². The number of hydrogen-bond acceptors (Lipinski definition) is 2. The van der Waals surface area contributed by atoms with E-state index in [4.69, 9.17) is 0 Å². The van der Waals surface area contributed by atoms with Gasteiger partial charge < -0.3 is 0 Å². The predicted octanol–water partition coefficient (Wildman–Crippen LogP) is 13.4. The molecule has 2 heterocycles. The first kappa shape index (κ1) is 33.8. The van der Waals surface area contributed by atoms with E-state index in [2.05, 4.69) is 86.0 Å². The highest BCUT2D eigenvalue weighted by atomic mass is 15.2. The lowest BCUT2D eigenvalue weighted by atomic mass is 9.82. The van der Waals surface area contributed by atoms with Crippen LogP contribution in [0.5, 0.6) is 0 Å². The zero-order valence-electron chi connectivity index (χ0n) is 30.8. The van der Waals surface area contributed by atoms with Gasteiger partial charge in [-0.3, -0.25) is 9.80 Å². The van der Waals surface area contributed by atoms with Crippen LogP contribution in [0.15, 0.2) is 48.5 Å². The van der Waals surface area contributed by atoms with E-state index < -0.39 is 0 Å². The van der Waals surface area contributed by atoms with Crippen LogP contribution in [0.4, 0.5) is 0 Å². The van der Waals surface area contributed by atoms with Crippen molar-refractivity contribution < 1.29 is 0 Å². The molecule has 5 aromatic carbocycles. The molecule has 48 heavy (non-hydrogen) atoms. The molecule has 0 saturated heterocycles. The Bertz CT molecular complexity index is 1560. The minimum atomic E-state index is 0.702. The van der Waals surface area contributed by atoms with E-state index in [1.54, 1.807) is 33.0 Å². The molecule has 0 N–H and O–H groups in total. The molecule has 2 nitrogen and oxygen atoms in total. The van der Waals surface area contributed by atoms with Gasteiger partial charge in [0.15, 0.2) is 0 Å². The number of benzene rings is 5. The normalized spacial score (nSPS) is 15.5. The standard InChI is InChI=1S/C46H62N2/c1-5-9-13-17-37(18-14-10-6-2)47-29-33-21-25-39-41-27-23-35-31-48(38(19-15-11-7-3)20-16-12-8-4)32-36-24-28-42(46(41)44(35)36)40-26-22-34(30-47)43(33)45(39)40/h21-28,37-38H,5-20,29-32H2,1-4H3. The number of fused-ring (bicyclic) bond motifs is 2. The average Bonchev–Trinajstić information content (AvgIpc) is 3.11. The van der Waals surface area contributed by atoms with Crippen LogP contribution in [-0.2, 0) is 26.2 Å². The van der Waals surface area contributed by atoms with Gasteiger partial charge in [-0.25, -0.2) is 0 Å². The van der Waals surface area contributed by atoms with E-state index in [0.29, 0.717) is 12.1 Å². The maximum absolute atomic E-state index is 2.84. The Morgan fingerprint density at radius 3 is 0.896 bits per heavy atom. The Morgan fingerprint density at radius 2 is 0.646 bits per heavy atom. The van der Waals surface area contributed by atoms with Crippen molar-refractivity contribution in [3.8, 4) is 0 Å². The zero-order chi connectivity index (χ0) is 33.0. The lowest BCUT2D eigenvalue weighted by Gasteiger charge is -2.37. The van der Waals surface area contributed by atoms with Gasteiger partial charge in [0.05, 0.1) is 0 Å². The minimum Gasteiger partial charge on any atom is -0.292 e. The highest BCUT2D eigenvalue weighted by molar-refractivity contribution is 6.34. The summed E-state index contributed by atoms with van der Waals surface area (Å²) in [5, 5.41) is 12.1. The summed E-state index contributed by atoms with van der Waals surface area (Å²) in [5.41, 5.74) is 6.20. The fourth-order valence-corrected chi connectivity index (χ4v) is 9.75. The molecule has 7 rings (SSSR count). The van der Waals surface area contributed by atoms with E-state index in [-0.39, 0.29) is 0 Å². The van der Waals surface area contributed by atoms with Crippen molar-refractivity contribution in [2.75, 3.05) is 0 Å². The summed E-state index contributed by atoms with van der Waals surface area (Å²) in [6.07, 6.45) is 21.5. The Labute approximate surface area is 291 Å². The smallest absolute Gasteiger partial charge is 0.0246 e. The largest absolute Gasteiger partial charge is 0.292 e. The first-order valence-corrected chi connectivity index (χ1v) is 20.3. The Kier molecular flexibility index (Phi) is 10.9. The van der Waals surface area contributed by atoms with Crippen LogP contribution in [0.2, 0.25) is 0 Å². The van der Waals surface area contributed by atoms with Crippen LogP contribution in [0.1, 0.15) is 153 Å². The highest BCUT2D eigenvalue weighted by Gasteiger charge is 2.29. The van der Waals surface area contributed by atoms with Crippen molar-refractivity contribution in [3.05, 3.63) is 70.8 Å². The molecule has 0 radical (unpaired) electrons. The van der Waals surface area contributed by atoms with Crippen LogP contribution < -0.4 is 0 Å². The molecule has 0 fully saturated rings. The summed E-state index contributed by atoms with van der Waals surface area (Å²) < 4.78 is 0. The summed E-state index contributed by atoms with van der Waals surface area (Å²) in [6, 6.07) is 21.4. The summed E-state index contributed by atoms with van der Waals surface area (Å²) in [5.74, 6) is 0. The van der Waals surface area contributed by atoms with Crippen molar-refractivity contribution in [2.45, 2.75) is 169 Å². The third-order valence-corrected chi connectivity index (χ3v) is 12.3. The van der Waals surface area contributed by atoms with Gasteiger partial charge in [0.1, 0.15) is 0 Å². The first-order valence-electron chi connectivity index (χ1n) is 20.3. The number of unbranched alkanes of at least 4 members (excludes halogenated alkanes) is 8. The third-order valence-electron chi connectivity index (χ3n) is 12.3. The van der Waals surface area contributed by atoms with Gasteiger partial charge in [-0.05, 0) is 91.0 Å². The first-order chi connectivity index (χ1) is 23.7. The van der Waals surface area contributed by atoms with Crippen LogP contribution in [0.3, 0.4) is 0 Å². The lowest BCUT2D eigenvalue weighted by molar-refractivity contribution is 0.151. The number of rotatable bonds is 18. The third kappa shape index (κ3) is 6.49. The highest BCUT2D eigenvalue weighted by Crippen LogP contribution is 2.47. The maximum atomic E-state index is 2.84. The molecular formula is C46H62N2. The average molecular weight is 643 g/mol. The van der Waals surface area contributed by atoms with E-state index in [9.17, 15) is 0 Å². The molecule has 0 spiro atoms. The molecule has 5 aromatic rings. The lowest BCUT2D eigenvalue weighted by Crippen LogP contribution is -2.36. The van der Waals surface area contributed by atoms with Gasteiger partial charge in [0, 0.05) is 38.3 Å². The molecule has 0 amide bonds. The molecule has 2 heteroatoms. The van der Waals surface area contributed by atoms with E-state index in [0.717, 1.165) is 26.2 Å². The van der Waals surface area contributed by atoms with Crippen molar-refractivity contribution in [1.29, 1.82) is 0 Å². The molecule has 0 atom stereocenters. The van der Waals surface area contributed by atoms with E-state index in [1.807, 2.05) is 0 Å². The molecule has 2 aliphatic rings. The second-order valence-electron chi connectivity index (χ2n) is 15.7. The maximum Gasteiger partial charge on any atom is 0.0246 e. The fraction of sp³-hybridized carbons (Fsp3) is 0.565. The quantitative estimate of drug-likeness (QED) is 0.0533. The summed E-state index contributed by atoms with van der Waals surface area (Å²) in [4.78, 5) is 5.69. The second kappa shape index (κ2) is 15.5. The van der Waals surface area contributed by atoms with Crippen LogP contribution in [0.25, 0.3) is 43.1 Å². The summed E-state index contributed by atoms with van der Waals surface area (Å²) >= 11 is 0. The van der Waals surface area contributed by atoms with Gasteiger partial charge in [-0.15, -0.1) is 0 Å². The van der Waals surface area contributed by atoms with Gasteiger partial charge in [0.2, 0.25) is 0 Å². The van der Waals surface area contributed by atoms with Crippen molar-refractivity contribution >= 4 is 43.1 Å². The summed E-state index contributed by atoms with van der Waals surface area (Å²) in [7, 11) is 0. The molecule has 0 bridgehead atoms. The minimum absolute atomic E-state index is 0.702.